The molecule has 0 fully saturated rings. The topological polar surface area (TPSA) is 25.2 Å². The van der Waals surface area contributed by atoms with Gasteiger partial charge in [-0.2, -0.15) is 13.2 Å². The van der Waals surface area contributed by atoms with Crippen LogP contribution in [0.2, 0.25) is 0 Å². The van der Waals surface area contributed by atoms with E-state index in [-0.39, 0.29) is 5.56 Å². The van der Waals surface area contributed by atoms with Gasteiger partial charge in [0.1, 0.15) is 11.6 Å². The second-order valence-corrected chi connectivity index (χ2v) is 3.94. The molecule has 1 heterocycles. The molecule has 2 nitrogen and oxygen atoms in total. The van der Waals surface area contributed by atoms with Gasteiger partial charge < -0.3 is 9.73 Å². The molecule has 0 bridgehead atoms. The number of benzene rings is 1. The van der Waals surface area contributed by atoms with E-state index in [2.05, 4.69) is 5.32 Å². The van der Waals surface area contributed by atoms with E-state index in [1.807, 2.05) is 0 Å². The van der Waals surface area contributed by atoms with Crippen molar-refractivity contribution in [1.82, 2.24) is 5.32 Å². The highest BCUT2D eigenvalue weighted by atomic mass is 19.4. The zero-order chi connectivity index (χ0) is 14.0. The van der Waals surface area contributed by atoms with Crippen molar-refractivity contribution in [1.29, 1.82) is 0 Å². The lowest BCUT2D eigenvalue weighted by atomic mass is 10.0. The molecule has 6 heteroatoms. The zero-order valence-corrected chi connectivity index (χ0v) is 9.96. The molecular formula is C13H11F4NO. The van der Waals surface area contributed by atoms with E-state index < -0.39 is 23.6 Å². The second-order valence-electron chi connectivity index (χ2n) is 3.94. The fourth-order valence-electron chi connectivity index (χ4n) is 1.90. The van der Waals surface area contributed by atoms with E-state index in [9.17, 15) is 17.6 Å². The molecule has 0 aliphatic heterocycles. The normalized spacial score (nSPS) is 13.5. The first-order valence-electron chi connectivity index (χ1n) is 5.51. The highest BCUT2D eigenvalue weighted by Crippen LogP contribution is 2.35. The maximum Gasteiger partial charge on any atom is 0.419 e. The summed E-state index contributed by atoms with van der Waals surface area (Å²) in [6, 6.07) is 5.58. The Morgan fingerprint density at radius 1 is 1.16 bits per heavy atom. The van der Waals surface area contributed by atoms with Gasteiger partial charge in [-0.25, -0.2) is 4.39 Å². The van der Waals surface area contributed by atoms with Crippen LogP contribution in [0.15, 0.2) is 41.0 Å². The fraction of sp³-hybridized carbons (Fsp3) is 0.231. The third kappa shape index (κ3) is 2.63. The first kappa shape index (κ1) is 13.6. The Labute approximate surface area is 107 Å². The Hall–Kier alpha value is -1.82. The number of halogens is 4. The van der Waals surface area contributed by atoms with Gasteiger partial charge in [0.05, 0.1) is 17.9 Å². The minimum atomic E-state index is -4.72. The van der Waals surface area contributed by atoms with Crippen LogP contribution < -0.4 is 5.32 Å². The third-order valence-electron chi connectivity index (χ3n) is 2.76. The lowest BCUT2D eigenvalue weighted by molar-refractivity contribution is -0.140. The third-order valence-corrected chi connectivity index (χ3v) is 2.76. The summed E-state index contributed by atoms with van der Waals surface area (Å²) >= 11 is 0. The van der Waals surface area contributed by atoms with Crippen molar-refractivity contribution < 1.29 is 22.0 Å². The average molecular weight is 273 g/mol. The zero-order valence-electron chi connectivity index (χ0n) is 9.96. The Morgan fingerprint density at radius 3 is 2.42 bits per heavy atom. The number of rotatable bonds is 3. The van der Waals surface area contributed by atoms with Crippen molar-refractivity contribution in [3.05, 3.63) is 59.3 Å². The summed E-state index contributed by atoms with van der Waals surface area (Å²) in [4.78, 5) is 0. The van der Waals surface area contributed by atoms with E-state index in [1.165, 1.54) is 25.4 Å². The van der Waals surface area contributed by atoms with Crippen molar-refractivity contribution in [2.24, 2.45) is 0 Å². The van der Waals surface area contributed by atoms with Crippen molar-refractivity contribution in [3.63, 3.8) is 0 Å². The second kappa shape index (κ2) is 5.05. The highest BCUT2D eigenvalue weighted by molar-refractivity contribution is 5.34. The minimum Gasteiger partial charge on any atom is -0.467 e. The summed E-state index contributed by atoms with van der Waals surface area (Å²) in [6.07, 6.45) is -3.34. The van der Waals surface area contributed by atoms with Gasteiger partial charge in [0.25, 0.3) is 0 Å². The molecule has 1 aromatic heterocycles. The predicted octanol–water partition coefficient (Wildman–Crippen LogP) is 3.75. The van der Waals surface area contributed by atoms with E-state index in [0.717, 1.165) is 0 Å². The number of hydrogen-bond acceptors (Lipinski definition) is 2. The first-order chi connectivity index (χ1) is 8.95. The summed E-state index contributed by atoms with van der Waals surface area (Å²) in [6.45, 7) is 0. The van der Waals surface area contributed by atoms with Gasteiger partial charge in [0, 0.05) is 5.56 Å². The minimum absolute atomic E-state index is 0.104. The van der Waals surface area contributed by atoms with Gasteiger partial charge >= 0.3 is 6.18 Å². The van der Waals surface area contributed by atoms with Crippen LogP contribution in [-0.2, 0) is 6.18 Å². The van der Waals surface area contributed by atoms with Crippen molar-refractivity contribution in [2.45, 2.75) is 12.2 Å². The monoisotopic (exact) mass is 273 g/mol. The number of hydrogen-bond donors (Lipinski definition) is 1. The van der Waals surface area contributed by atoms with Gasteiger partial charge in [-0.15, -0.1) is 0 Å². The number of nitrogens with one attached hydrogen (secondary N) is 1. The van der Waals surface area contributed by atoms with Gasteiger partial charge in [-0.3, -0.25) is 0 Å². The van der Waals surface area contributed by atoms with Crippen LogP contribution in [-0.4, -0.2) is 7.05 Å². The Morgan fingerprint density at radius 2 is 1.89 bits per heavy atom. The molecule has 0 saturated heterocycles. The van der Waals surface area contributed by atoms with Crippen LogP contribution in [0.1, 0.15) is 22.9 Å². The largest absolute Gasteiger partial charge is 0.467 e. The van der Waals surface area contributed by atoms with Crippen LogP contribution in [0.5, 0.6) is 0 Å². The number of alkyl halides is 3. The van der Waals surface area contributed by atoms with Crippen LogP contribution in [0.3, 0.4) is 0 Å². The maximum absolute atomic E-state index is 14.0. The molecule has 1 aromatic carbocycles. The SMILES string of the molecule is CNC(c1ccco1)c1cccc(C(F)(F)F)c1F. The van der Waals surface area contributed by atoms with Crippen LogP contribution in [0.4, 0.5) is 17.6 Å². The summed E-state index contributed by atoms with van der Waals surface area (Å²) in [5.41, 5.74) is -1.39. The molecule has 1 atom stereocenters. The van der Waals surface area contributed by atoms with Crippen LogP contribution in [0.25, 0.3) is 0 Å². The van der Waals surface area contributed by atoms with Crippen LogP contribution >= 0.6 is 0 Å². The molecule has 1 unspecified atom stereocenters. The quantitative estimate of drug-likeness (QED) is 0.862. The Bertz CT molecular complexity index is 548. The Balaban J connectivity index is 2.51. The molecule has 0 amide bonds. The van der Waals surface area contributed by atoms with Crippen molar-refractivity contribution >= 4 is 0 Å². The molecule has 102 valence electrons. The van der Waals surface area contributed by atoms with E-state index in [4.69, 9.17) is 4.42 Å². The molecule has 0 saturated carbocycles. The summed E-state index contributed by atoms with van der Waals surface area (Å²) in [5, 5.41) is 2.74. The lowest BCUT2D eigenvalue weighted by Crippen LogP contribution is -2.20. The van der Waals surface area contributed by atoms with Gasteiger partial charge in [0.15, 0.2) is 0 Å². The number of furan rings is 1. The molecule has 0 spiro atoms. The van der Waals surface area contributed by atoms with E-state index >= 15 is 0 Å². The highest BCUT2D eigenvalue weighted by Gasteiger charge is 2.36. The maximum atomic E-state index is 14.0. The van der Waals surface area contributed by atoms with Gasteiger partial charge in [0.2, 0.25) is 0 Å². The smallest absolute Gasteiger partial charge is 0.419 e. The van der Waals surface area contributed by atoms with Crippen LogP contribution in [0, 0.1) is 5.82 Å². The first-order valence-corrected chi connectivity index (χ1v) is 5.51. The molecule has 1 N–H and O–H groups in total. The molecule has 19 heavy (non-hydrogen) atoms. The molecule has 0 aliphatic rings. The van der Waals surface area contributed by atoms with E-state index in [1.54, 1.807) is 12.1 Å². The van der Waals surface area contributed by atoms with E-state index in [0.29, 0.717) is 11.8 Å². The van der Waals surface area contributed by atoms with Gasteiger partial charge in [-0.05, 0) is 25.2 Å². The van der Waals surface area contributed by atoms with Crippen molar-refractivity contribution in [2.75, 3.05) is 7.05 Å². The molecule has 0 aliphatic carbocycles. The van der Waals surface area contributed by atoms with Gasteiger partial charge in [-0.1, -0.05) is 12.1 Å². The summed E-state index contributed by atoms with van der Waals surface area (Å²) in [5.74, 6) is -0.938. The molecule has 2 rings (SSSR count). The molecule has 2 aromatic rings. The van der Waals surface area contributed by atoms with Crippen molar-refractivity contribution in [3.8, 4) is 0 Å². The molecule has 0 radical (unpaired) electrons. The predicted molar refractivity (Wildman–Crippen MR) is 61.0 cm³/mol. The summed E-state index contributed by atoms with van der Waals surface area (Å²) in [7, 11) is 1.52. The average Bonchev–Trinajstić information content (AvgIpc) is 2.84. The standard InChI is InChI=1S/C13H11F4NO/c1-18-12(10-6-3-7-19-10)8-4-2-5-9(11(8)14)13(15,16)17/h2-7,12,18H,1H3. The molecular weight excluding hydrogens is 262 g/mol. The Kier molecular flexibility index (Phi) is 3.61. The lowest BCUT2D eigenvalue weighted by Gasteiger charge is -2.17. The fourth-order valence-corrected chi connectivity index (χ4v) is 1.90. The summed E-state index contributed by atoms with van der Waals surface area (Å²) < 4.78 is 57.1.